The van der Waals surface area contributed by atoms with Crippen LogP contribution in [0.4, 0.5) is 5.69 Å². The molecular weight excluding hydrogens is 328 g/mol. The van der Waals surface area contributed by atoms with Crippen LogP contribution < -0.4 is 15.0 Å². The average Bonchev–Trinajstić information content (AvgIpc) is 2.63. The molecule has 0 saturated heterocycles. The molecule has 0 N–H and O–H groups in total. The van der Waals surface area contributed by atoms with Crippen molar-refractivity contribution in [3.05, 3.63) is 62.4 Å². The number of aromatic nitrogens is 3. The number of ether oxygens (including phenoxy) is 2. The van der Waals surface area contributed by atoms with Gasteiger partial charge in [-0.15, -0.1) is 5.10 Å². The molecule has 0 fully saturated rings. The van der Waals surface area contributed by atoms with E-state index in [0.717, 1.165) is 0 Å². The first-order chi connectivity index (χ1) is 12.1. The molecule has 1 aliphatic heterocycles. The Morgan fingerprint density at radius 1 is 1.12 bits per heavy atom. The molecule has 0 unspecified atom stereocenters. The minimum absolute atomic E-state index is 0.00975. The van der Waals surface area contributed by atoms with E-state index in [2.05, 4.69) is 10.3 Å². The minimum Gasteiger partial charge on any atom is -0.486 e. The molecule has 9 nitrogen and oxygen atoms in total. The van der Waals surface area contributed by atoms with Crippen molar-refractivity contribution >= 4 is 16.6 Å². The summed E-state index contributed by atoms with van der Waals surface area (Å²) in [6.07, 6.45) is 0. The standard InChI is InChI=1S/C16H12N4O5/c21-16-12-7-14-15(25-6-5-24-14)8-13(12)17-18-19(16)9-10-1-3-11(4-2-10)20(22)23/h1-4,7-8H,5-6,9H2. The summed E-state index contributed by atoms with van der Waals surface area (Å²) in [6, 6.07) is 9.18. The van der Waals surface area contributed by atoms with E-state index in [9.17, 15) is 14.9 Å². The number of nitro benzene ring substituents is 1. The zero-order chi connectivity index (χ0) is 17.4. The first-order valence-electron chi connectivity index (χ1n) is 7.52. The lowest BCUT2D eigenvalue weighted by molar-refractivity contribution is -0.384. The van der Waals surface area contributed by atoms with Gasteiger partial charge >= 0.3 is 0 Å². The number of hydrogen-bond acceptors (Lipinski definition) is 7. The minimum atomic E-state index is -0.475. The van der Waals surface area contributed by atoms with Crippen LogP contribution in [0.3, 0.4) is 0 Å². The van der Waals surface area contributed by atoms with Crippen molar-refractivity contribution < 1.29 is 14.4 Å². The third-order valence-electron chi connectivity index (χ3n) is 3.87. The summed E-state index contributed by atoms with van der Waals surface area (Å²) < 4.78 is 12.2. The largest absolute Gasteiger partial charge is 0.486 e. The molecule has 2 aromatic carbocycles. The van der Waals surface area contributed by atoms with Crippen LogP contribution >= 0.6 is 0 Å². The van der Waals surface area contributed by atoms with Crippen molar-refractivity contribution in [1.82, 2.24) is 15.0 Å². The zero-order valence-electron chi connectivity index (χ0n) is 12.9. The lowest BCUT2D eigenvalue weighted by Crippen LogP contribution is -2.25. The molecule has 3 aromatic rings. The van der Waals surface area contributed by atoms with Gasteiger partial charge in [-0.25, -0.2) is 4.68 Å². The third kappa shape index (κ3) is 2.75. The predicted molar refractivity (Wildman–Crippen MR) is 87.0 cm³/mol. The summed E-state index contributed by atoms with van der Waals surface area (Å²) in [5, 5.41) is 19.1. The number of fused-ring (bicyclic) bond motifs is 2. The third-order valence-corrected chi connectivity index (χ3v) is 3.87. The van der Waals surface area contributed by atoms with Gasteiger partial charge in [0.25, 0.3) is 11.2 Å². The van der Waals surface area contributed by atoms with E-state index in [1.165, 1.54) is 16.8 Å². The molecule has 2 heterocycles. The highest BCUT2D eigenvalue weighted by Gasteiger charge is 2.16. The second-order valence-corrected chi connectivity index (χ2v) is 5.49. The van der Waals surface area contributed by atoms with E-state index in [1.807, 2.05) is 0 Å². The van der Waals surface area contributed by atoms with Gasteiger partial charge in [0.05, 0.1) is 16.9 Å². The number of rotatable bonds is 3. The second kappa shape index (κ2) is 5.86. The normalized spacial score (nSPS) is 13.0. The Morgan fingerprint density at radius 2 is 1.80 bits per heavy atom. The molecule has 4 rings (SSSR count). The average molecular weight is 340 g/mol. The highest BCUT2D eigenvalue weighted by atomic mass is 16.6. The van der Waals surface area contributed by atoms with Crippen LogP contribution in [0.5, 0.6) is 11.5 Å². The molecule has 0 aliphatic carbocycles. The number of nitro groups is 1. The summed E-state index contributed by atoms with van der Waals surface area (Å²) in [5.74, 6) is 1.05. The maximum absolute atomic E-state index is 12.6. The van der Waals surface area contributed by atoms with Gasteiger partial charge < -0.3 is 9.47 Å². The quantitative estimate of drug-likeness (QED) is 0.525. The highest BCUT2D eigenvalue weighted by molar-refractivity contribution is 5.81. The monoisotopic (exact) mass is 340 g/mol. The Morgan fingerprint density at radius 3 is 2.48 bits per heavy atom. The van der Waals surface area contributed by atoms with Gasteiger partial charge in [0.1, 0.15) is 18.7 Å². The molecule has 0 bridgehead atoms. The topological polar surface area (TPSA) is 109 Å². The highest BCUT2D eigenvalue weighted by Crippen LogP contribution is 2.32. The lowest BCUT2D eigenvalue weighted by Gasteiger charge is -2.18. The molecule has 25 heavy (non-hydrogen) atoms. The van der Waals surface area contributed by atoms with Crippen LogP contribution in [0, 0.1) is 10.1 Å². The summed E-state index contributed by atoms with van der Waals surface area (Å²) in [5.41, 5.74) is 0.804. The van der Waals surface area contributed by atoms with Crippen molar-refractivity contribution in [2.45, 2.75) is 6.54 Å². The van der Waals surface area contributed by atoms with Gasteiger partial charge in [0.15, 0.2) is 11.5 Å². The fourth-order valence-corrected chi connectivity index (χ4v) is 2.61. The molecule has 1 aromatic heterocycles. The van der Waals surface area contributed by atoms with E-state index < -0.39 is 4.92 Å². The number of hydrogen-bond donors (Lipinski definition) is 0. The maximum Gasteiger partial charge on any atom is 0.278 e. The number of non-ortho nitro benzene ring substituents is 1. The van der Waals surface area contributed by atoms with E-state index in [1.54, 1.807) is 24.3 Å². The van der Waals surface area contributed by atoms with Crippen LogP contribution in [0.1, 0.15) is 5.56 Å². The SMILES string of the molecule is O=c1c2cc3c(cc2nnn1Cc1ccc([N+](=O)[O-])cc1)OCCO3. The van der Waals surface area contributed by atoms with Gasteiger partial charge in [-0.2, -0.15) is 0 Å². The molecular formula is C16H12N4O5. The van der Waals surface area contributed by atoms with Crippen molar-refractivity contribution in [3.63, 3.8) is 0 Å². The van der Waals surface area contributed by atoms with Gasteiger partial charge in [-0.05, 0) is 11.6 Å². The Bertz CT molecular complexity index is 1030. The molecule has 9 heteroatoms. The van der Waals surface area contributed by atoms with Crippen molar-refractivity contribution in [3.8, 4) is 11.5 Å². The molecule has 0 saturated carbocycles. The Balaban J connectivity index is 1.71. The maximum atomic E-state index is 12.6. The molecule has 0 atom stereocenters. The fraction of sp³-hybridized carbons (Fsp3) is 0.188. The number of benzene rings is 2. The van der Waals surface area contributed by atoms with Crippen molar-refractivity contribution in [2.24, 2.45) is 0 Å². The van der Waals surface area contributed by atoms with Gasteiger partial charge in [-0.1, -0.05) is 17.3 Å². The molecule has 0 amide bonds. The zero-order valence-corrected chi connectivity index (χ0v) is 12.9. The summed E-state index contributed by atoms with van der Waals surface area (Å²) in [7, 11) is 0. The first-order valence-corrected chi connectivity index (χ1v) is 7.52. The first kappa shape index (κ1) is 15.1. The predicted octanol–water partition coefficient (Wildman–Crippen LogP) is 1.52. The van der Waals surface area contributed by atoms with Gasteiger partial charge in [0, 0.05) is 18.2 Å². The Labute approximate surface area is 140 Å². The summed E-state index contributed by atoms with van der Waals surface area (Å²) in [6.45, 7) is 1.03. The second-order valence-electron chi connectivity index (χ2n) is 5.49. The van der Waals surface area contributed by atoms with Crippen LogP contribution in [0.15, 0.2) is 41.2 Å². The van der Waals surface area contributed by atoms with Gasteiger partial charge in [0.2, 0.25) is 0 Å². The molecule has 0 radical (unpaired) electrons. The van der Waals surface area contributed by atoms with Crippen molar-refractivity contribution in [1.29, 1.82) is 0 Å². The van der Waals surface area contributed by atoms with Crippen LogP contribution in [0.2, 0.25) is 0 Å². The summed E-state index contributed by atoms with van der Waals surface area (Å²) >= 11 is 0. The Kier molecular flexibility index (Phi) is 3.53. The van der Waals surface area contributed by atoms with Crippen LogP contribution in [-0.4, -0.2) is 33.1 Å². The van der Waals surface area contributed by atoms with Crippen molar-refractivity contribution in [2.75, 3.05) is 13.2 Å². The smallest absolute Gasteiger partial charge is 0.278 e. The summed E-state index contributed by atoms with van der Waals surface area (Å²) in [4.78, 5) is 22.9. The van der Waals surface area contributed by atoms with E-state index in [0.29, 0.717) is 41.2 Å². The van der Waals surface area contributed by atoms with Gasteiger partial charge in [-0.3, -0.25) is 14.9 Å². The number of nitrogens with zero attached hydrogens (tertiary/aromatic N) is 4. The molecule has 1 aliphatic rings. The van der Waals surface area contributed by atoms with E-state index in [-0.39, 0.29) is 17.8 Å². The van der Waals surface area contributed by atoms with Crippen LogP contribution in [0.25, 0.3) is 10.9 Å². The fourth-order valence-electron chi connectivity index (χ4n) is 2.61. The molecule has 126 valence electrons. The Hall–Kier alpha value is -3.49. The van der Waals surface area contributed by atoms with Crippen LogP contribution in [-0.2, 0) is 6.54 Å². The molecule has 0 spiro atoms. The van der Waals surface area contributed by atoms with E-state index in [4.69, 9.17) is 9.47 Å². The van der Waals surface area contributed by atoms with E-state index >= 15 is 0 Å². The lowest BCUT2D eigenvalue weighted by atomic mass is 10.2.